The molecule has 2 unspecified atom stereocenters. The third-order valence-electron chi connectivity index (χ3n) is 5.94. The first-order valence-electron chi connectivity index (χ1n) is 10.0. The van der Waals surface area contributed by atoms with Gasteiger partial charge in [0.2, 0.25) is 0 Å². The molecule has 1 aliphatic heterocycles. The molecule has 1 saturated carbocycles. The molecule has 1 aromatic rings. The number of furan rings is 1. The molecule has 0 radical (unpaired) electrons. The molecule has 0 aromatic carbocycles. The van der Waals surface area contributed by atoms with Crippen LogP contribution < -0.4 is 5.32 Å². The zero-order valence-corrected chi connectivity index (χ0v) is 15.9. The summed E-state index contributed by atoms with van der Waals surface area (Å²) in [5.74, 6) is 0.0983. The van der Waals surface area contributed by atoms with Crippen molar-refractivity contribution in [2.45, 2.75) is 70.3 Å². The van der Waals surface area contributed by atoms with Gasteiger partial charge in [-0.25, -0.2) is 0 Å². The molecule has 1 N–H and O–H groups in total. The van der Waals surface area contributed by atoms with Crippen LogP contribution in [0.2, 0.25) is 0 Å². The fraction of sp³-hybridized carbons (Fsp3) is 0.545. The van der Waals surface area contributed by atoms with Crippen molar-refractivity contribution in [3.8, 4) is 0 Å². The highest BCUT2D eigenvalue weighted by atomic mass is 16.5. The van der Waals surface area contributed by atoms with Crippen molar-refractivity contribution < 1.29 is 18.7 Å². The second-order valence-corrected chi connectivity index (χ2v) is 7.92. The lowest BCUT2D eigenvalue weighted by Crippen LogP contribution is -2.42. The van der Waals surface area contributed by atoms with E-state index < -0.39 is 11.8 Å². The van der Waals surface area contributed by atoms with E-state index in [-0.39, 0.29) is 17.9 Å². The maximum Gasteiger partial charge on any atom is 0.316 e. The summed E-state index contributed by atoms with van der Waals surface area (Å²) >= 11 is 0. The van der Waals surface area contributed by atoms with Crippen molar-refractivity contribution in [3.63, 3.8) is 0 Å². The average molecular weight is 369 g/mol. The summed E-state index contributed by atoms with van der Waals surface area (Å²) in [5, 5.41) is 3.25. The normalized spacial score (nSPS) is 26.6. The molecule has 2 aliphatic carbocycles. The van der Waals surface area contributed by atoms with Gasteiger partial charge in [0.05, 0.1) is 5.92 Å². The summed E-state index contributed by atoms with van der Waals surface area (Å²) in [6, 6.07) is 3.74. The minimum atomic E-state index is -0.640. The third kappa shape index (κ3) is 3.47. The number of hydrogen-bond donors (Lipinski definition) is 1. The number of ether oxygens (including phenoxy) is 1. The molecule has 27 heavy (non-hydrogen) atoms. The van der Waals surface area contributed by atoms with E-state index in [1.807, 2.05) is 19.1 Å². The molecule has 1 fully saturated rings. The van der Waals surface area contributed by atoms with Crippen LogP contribution in [-0.4, -0.2) is 17.9 Å². The van der Waals surface area contributed by atoms with Gasteiger partial charge in [-0.1, -0.05) is 13.0 Å². The lowest BCUT2D eigenvalue weighted by atomic mass is 9.73. The number of carbonyl (C=O) groups is 2. The molecule has 4 rings (SSSR count). The van der Waals surface area contributed by atoms with Gasteiger partial charge in [-0.05, 0) is 57.6 Å². The Labute approximate surface area is 159 Å². The molecule has 0 saturated heterocycles. The van der Waals surface area contributed by atoms with Gasteiger partial charge in [-0.15, -0.1) is 0 Å². The molecule has 5 nitrogen and oxygen atoms in total. The van der Waals surface area contributed by atoms with E-state index in [1.165, 1.54) is 6.42 Å². The Hall–Kier alpha value is -2.30. The monoisotopic (exact) mass is 369 g/mol. The van der Waals surface area contributed by atoms with Gasteiger partial charge < -0.3 is 14.5 Å². The predicted molar refractivity (Wildman–Crippen MR) is 101 cm³/mol. The molecule has 3 aliphatic rings. The minimum Gasteiger partial charge on any atom is -0.466 e. The minimum absolute atomic E-state index is 0.0320. The van der Waals surface area contributed by atoms with Gasteiger partial charge in [0.15, 0.2) is 5.78 Å². The Kier molecular flexibility index (Phi) is 4.94. The molecular weight excluding hydrogens is 342 g/mol. The summed E-state index contributed by atoms with van der Waals surface area (Å²) in [7, 11) is 0. The van der Waals surface area contributed by atoms with Gasteiger partial charge in [0.1, 0.15) is 23.5 Å². The Morgan fingerprint density at radius 1 is 1.19 bits per heavy atom. The highest BCUT2D eigenvalue weighted by molar-refractivity contribution is 6.00. The largest absolute Gasteiger partial charge is 0.466 e. The van der Waals surface area contributed by atoms with Gasteiger partial charge >= 0.3 is 5.97 Å². The molecule has 144 valence electrons. The number of hydrogen-bond acceptors (Lipinski definition) is 5. The fourth-order valence-corrected chi connectivity index (χ4v) is 4.62. The molecule has 2 heterocycles. The topological polar surface area (TPSA) is 68.5 Å². The number of rotatable bonds is 3. The smallest absolute Gasteiger partial charge is 0.316 e. The summed E-state index contributed by atoms with van der Waals surface area (Å²) < 4.78 is 11.7. The van der Waals surface area contributed by atoms with E-state index in [0.29, 0.717) is 23.5 Å². The molecule has 0 spiro atoms. The lowest BCUT2D eigenvalue weighted by Gasteiger charge is -2.37. The standard InChI is InChI=1S/C22H27NO4/c1-13-11-12-18(26-13)21-19(22(25)27-15-7-4-3-5-8-15)14(2)23-16-9-6-10-17(24)20(16)21/h11-12,15,19,21,23H,2-10H2,1H3. The first-order chi connectivity index (χ1) is 13.0. The van der Waals surface area contributed by atoms with Crippen LogP contribution >= 0.6 is 0 Å². The van der Waals surface area contributed by atoms with Crippen LogP contribution in [0.1, 0.15) is 68.8 Å². The Morgan fingerprint density at radius 3 is 2.67 bits per heavy atom. The van der Waals surface area contributed by atoms with E-state index in [4.69, 9.17) is 9.15 Å². The Bertz CT molecular complexity index is 797. The number of Topliss-reactive ketones (excluding diaryl/α,β-unsaturated/α-hetero) is 1. The van der Waals surface area contributed by atoms with Gasteiger partial charge in [0, 0.05) is 23.4 Å². The average Bonchev–Trinajstić information content (AvgIpc) is 3.07. The molecule has 0 amide bonds. The van der Waals surface area contributed by atoms with E-state index in [0.717, 1.165) is 50.0 Å². The van der Waals surface area contributed by atoms with Gasteiger partial charge in [-0.3, -0.25) is 9.59 Å². The van der Waals surface area contributed by atoms with Crippen LogP contribution in [0, 0.1) is 12.8 Å². The maximum absolute atomic E-state index is 13.1. The van der Waals surface area contributed by atoms with Crippen molar-refractivity contribution >= 4 is 11.8 Å². The summed E-state index contributed by atoms with van der Waals surface area (Å²) in [4.78, 5) is 25.9. The summed E-state index contributed by atoms with van der Waals surface area (Å²) in [6.45, 7) is 5.98. The van der Waals surface area contributed by atoms with Gasteiger partial charge in [-0.2, -0.15) is 0 Å². The molecule has 2 atom stereocenters. The first kappa shape index (κ1) is 18.1. The van der Waals surface area contributed by atoms with Crippen molar-refractivity contribution in [2.24, 2.45) is 5.92 Å². The van der Waals surface area contributed by atoms with Crippen molar-refractivity contribution in [2.75, 3.05) is 0 Å². The highest BCUT2D eigenvalue weighted by Gasteiger charge is 2.45. The molecule has 5 heteroatoms. The Morgan fingerprint density at radius 2 is 1.96 bits per heavy atom. The Balaban J connectivity index is 1.69. The zero-order valence-electron chi connectivity index (χ0n) is 15.9. The highest BCUT2D eigenvalue weighted by Crippen LogP contribution is 2.45. The van der Waals surface area contributed by atoms with Crippen LogP contribution in [0.4, 0.5) is 0 Å². The third-order valence-corrected chi connectivity index (χ3v) is 5.94. The van der Waals surface area contributed by atoms with Crippen LogP contribution in [0.3, 0.4) is 0 Å². The second kappa shape index (κ2) is 7.37. The predicted octanol–water partition coefficient (Wildman–Crippen LogP) is 4.29. The van der Waals surface area contributed by atoms with Gasteiger partial charge in [0.25, 0.3) is 0 Å². The number of nitrogens with one attached hydrogen (secondary N) is 1. The fourth-order valence-electron chi connectivity index (χ4n) is 4.62. The van der Waals surface area contributed by atoms with Crippen molar-refractivity contribution in [1.82, 2.24) is 5.32 Å². The molecular formula is C22H27NO4. The number of esters is 1. The van der Waals surface area contributed by atoms with Crippen molar-refractivity contribution in [3.05, 3.63) is 47.2 Å². The van der Waals surface area contributed by atoms with Crippen LogP contribution in [0.15, 0.2) is 40.1 Å². The quantitative estimate of drug-likeness (QED) is 0.805. The SMILES string of the molecule is C=C1NC2=C(C(=O)CCC2)C(c2ccc(C)o2)C1C(=O)OC1CCCCC1. The van der Waals surface area contributed by atoms with Crippen LogP contribution in [0.25, 0.3) is 0 Å². The summed E-state index contributed by atoms with van der Waals surface area (Å²) in [6.07, 6.45) is 7.30. The van der Waals surface area contributed by atoms with Crippen LogP contribution in [0.5, 0.6) is 0 Å². The van der Waals surface area contributed by atoms with E-state index in [1.54, 1.807) is 0 Å². The maximum atomic E-state index is 13.1. The van der Waals surface area contributed by atoms with E-state index in [9.17, 15) is 9.59 Å². The number of carbonyl (C=O) groups excluding carboxylic acids is 2. The number of aryl methyl sites for hydroxylation is 1. The number of allylic oxidation sites excluding steroid dienone is 2. The summed E-state index contributed by atoms with van der Waals surface area (Å²) in [5.41, 5.74) is 2.16. The van der Waals surface area contributed by atoms with E-state index >= 15 is 0 Å². The van der Waals surface area contributed by atoms with E-state index in [2.05, 4.69) is 11.9 Å². The second-order valence-electron chi connectivity index (χ2n) is 7.92. The zero-order chi connectivity index (χ0) is 19.0. The molecule has 0 bridgehead atoms. The lowest BCUT2D eigenvalue weighted by molar-refractivity contribution is -0.155. The first-order valence-corrected chi connectivity index (χ1v) is 10.0. The molecule has 1 aromatic heterocycles. The number of ketones is 1. The van der Waals surface area contributed by atoms with Crippen LogP contribution in [-0.2, 0) is 14.3 Å². The van der Waals surface area contributed by atoms with Crippen molar-refractivity contribution in [1.29, 1.82) is 0 Å².